The molecule has 0 saturated carbocycles. The molecule has 1 amide bonds. The first-order chi connectivity index (χ1) is 7.94. The van der Waals surface area contributed by atoms with Crippen molar-refractivity contribution in [2.75, 3.05) is 6.54 Å². The molecule has 0 aromatic heterocycles. The summed E-state index contributed by atoms with van der Waals surface area (Å²) in [6.07, 6.45) is 2.11. The summed E-state index contributed by atoms with van der Waals surface area (Å²) in [6, 6.07) is 0.184. The van der Waals surface area contributed by atoms with Gasteiger partial charge in [0.1, 0.15) is 6.10 Å². The molecule has 0 aromatic rings. The fourth-order valence-electron chi connectivity index (χ4n) is 1.64. The van der Waals surface area contributed by atoms with Gasteiger partial charge in [0.15, 0.2) is 0 Å². The summed E-state index contributed by atoms with van der Waals surface area (Å²) in [5, 5.41) is 2.92. The van der Waals surface area contributed by atoms with Gasteiger partial charge >= 0.3 is 0 Å². The number of amides is 1. The number of carbonyl (C=O) groups excluding carboxylic acids is 1. The number of nitrogens with one attached hydrogen (secondary N) is 1. The number of rotatable bonds is 8. The van der Waals surface area contributed by atoms with Gasteiger partial charge in [0.05, 0.1) is 5.60 Å². The van der Waals surface area contributed by atoms with Gasteiger partial charge in [0.2, 0.25) is 5.91 Å². The molecule has 4 nitrogen and oxygen atoms in total. The van der Waals surface area contributed by atoms with Crippen molar-refractivity contribution in [2.24, 2.45) is 5.73 Å². The van der Waals surface area contributed by atoms with Crippen LogP contribution in [0.1, 0.15) is 53.9 Å². The maximum absolute atomic E-state index is 11.9. The minimum absolute atomic E-state index is 0.0564. The normalized spacial score (nSPS) is 15.4. The molecule has 0 aliphatic carbocycles. The minimum atomic E-state index is -0.451. The van der Waals surface area contributed by atoms with Crippen LogP contribution < -0.4 is 11.1 Å². The molecular weight excluding hydrogens is 216 g/mol. The Hall–Kier alpha value is -0.610. The summed E-state index contributed by atoms with van der Waals surface area (Å²) in [5.74, 6) is -0.0564. The van der Waals surface area contributed by atoms with E-state index >= 15 is 0 Å². The van der Waals surface area contributed by atoms with Crippen molar-refractivity contribution in [1.29, 1.82) is 0 Å². The monoisotopic (exact) mass is 244 g/mol. The lowest BCUT2D eigenvalue weighted by Gasteiger charge is -2.33. The quantitative estimate of drug-likeness (QED) is 0.684. The van der Waals surface area contributed by atoms with Gasteiger partial charge in [-0.25, -0.2) is 0 Å². The molecule has 0 aliphatic rings. The maximum atomic E-state index is 11.9. The summed E-state index contributed by atoms with van der Waals surface area (Å²) in [6.45, 7) is 10.3. The van der Waals surface area contributed by atoms with E-state index in [0.29, 0.717) is 6.54 Å². The third-order valence-electron chi connectivity index (χ3n) is 3.46. The zero-order valence-electron chi connectivity index (χ0n) is 11.9. The molecule has 0 saturated heterocycles. The molecule has 102 valence electrons. The average molecular weight is 244 g/mol. The van der Waals surface area contributed by atoms with Gasteiger partial charge in [-0.1, -0.05) is 20.8 Å². The highest BCUT2D eigenvalue weighted by Crippen LogP contribution is 2.21. The minimum Gasteiger partial charge on any atom is -0.361 e. The van der Waals surface area contributed by atoms with E-state index in [-0.39, 0.29) is 17.6 Å². The van der Waals surface area contributed by atoms with E-state index < -0.39 is 6.10 Å². The van der Waals surface area contributed by atoms with Crippen LogP contribution in [0.3, 0.4) is 0 Å². The lowest BCUT2D eigenvalue weighted by atomic mass is 9.97. The van der Waals surface area contributed by atoms with Crippen LogP contribution >= 0.6 is 0 Å². The van der Waals surface area contributed by atoms with Gasteiger partial charge < -0.3 is 15.8 Å². The van der Waals surface area contributed by atoms with Crippen LogP contribution in [-0.4, -0.2) is 30.2 Å². The Morgan fingerprint density at radius 3 is 2.18 bits per heavy atom. The first-order valence-electron chi connectivity index (χ1n) is 6.62. The van der Waals surface area contributed by atoms with E-state index in [1.807, 2.05) is 27.7 Å². The zero-order valence-corrected chi connectivity index (χ0v) is 11.9. The van der Waals surface area contributed by atoms with Crippen molar-refractivity contribution in [3.63, 3.8) is 0 Å². The van der Waals surface area contributed by atoms with Crippen LogP contribution in [0.2, 0.25) is 0 Å². The number of hydrogen-bond acceptors (Lipinski definition) is 3. The lowest BCUT2D eigenvalue weighted by Crippen LogP contribution is -2.47. The Kier molecular flexibility index (Phi) is 7.39. The molecule has 2 atom stereocenters. The Labute approximate surface area is 105 Å². The second kappa shape index (κ2) is 7.67. The Morgan fingerprint density at radius 1 is 1.29 bits per heavy atom. The first kappa shape index (κ1) is 16.4. The van der Waals surface area contributed by atoms with Crippen molar-refractivity contribution in [3.8, 4) is 0 Å². The molecule has 0 spiro atoms. The lowest BCUT2D eigenvalue weighted by molar-refractivity contribution is -0.146. The van der Waals surface area contributed by atoms with Crippen LogP contribution in [0.4, 0.5) is 0 Å². The third kappa shape index (κ3) is 5.04. The summed E-state index contributed by atoms with van der Waals surface area (Å²) in [5.41, 5.74) is 5.38. The third-order valence-corrected chi connectivity index (χ3v) is 3.46. The summed E-state index contributed by atoms with van der Waals surface area (Å²) in [7, 11) is 0. The predicted molar refractivity (Wildman–Crippen MR) is 70.8 cm³/mol. The maximum Gasteiger partial charge on any atom is 0.249 e. The molecular formula is C13H28N2O2. The molecule has 0 bridgehead atoms. The average Bonchev–Trinajstić information content (AvgIpc) is 2.35. The molecule has 3 N–H and O–H groups in total. The van der Waals surface area contributed by atoms with Crippen LogP contribution in [-0.2, 0) is 9.53 Å². The molecule has 0 heterocycles. The number of hydrogen-bond donors (Lipinski definition) is 2. The van der Waals surface area contributed by atoms with Crippen LogP contribution in [0, 0.1) is 0 Å². The Bertz CT molecular complexity index is 219. The molecule has 4 heteroatoms. The molecule has 2 unspecified atom stereocenters. The van der Waals surface area contributed by atoms with E-state index in [2.05, 4.69) is 5.32 Å². The number of nitrogens with two attached hydrogens (primary N) is 1. The van der Waals surface area contributed by atoms with Gasteiger partial charge in [-0.2, -0.15) is 0 Å². The smallest absolute Gasteiger partial charge is 0.249 e. The standard InChI is InChI=1S/C13H28N2O2/c1-6-10(4)15-12(16)11(5)17-13(7-2,8-3)9-14/h10-11H,6-9,14H2,1-5H3,(H,15,16). The highest BCUT2D eigenvalue weighted by molar-refractivity contribution is 5.80. The Morgan fingerprint density at radius 2 is 1.82 bits per heavy atom. The molecule has 0 rings (SSSR count). The van der Waals surface area contributed by atoms with E-state index in [1.165, 1.54) is 0 Å². The van der Waals surface area contributed by atoms with Gasteiger partial charge in [-0.05, 0) is 33.1 Å². The van der Waals surface area contributed by atoms with Crippen LogP contribution in [0.15, 0.2) is 0 Å². The van der Waals surface area contributed by atoms with Gasteiger partial charge in [-0.15, -0.1) is 0 Å². The summed E-state index contributed by atoms with van der Waals surface area (Å²) < 4.78 is 5.86. The van der Waals surface area contributed by atoms with E-state index in [1.54, 1.807) is 6.92 Å². The number of carbonyl (C=O) groups is 1. The second-order valence-electron chi connectivity index (χ2n) is 4.67. The van der Waals surface area contributed by atoms with E-state index in [4.69, 9.17) is 10.5 Å². The largest absolute Gasteiger partial charge is 0.361 e. The highest BCUT2D eigenvalue weighted by Gasteiger charge is 2.30. The fourth-order valence-corrected chi connectivity index (χ4v) is 1.64. The van der Waals surface area contributed by atoms with Crippen molar-refractivity contribution in [2.45, 2.75) is 71.6 Å². The molecule has 0 aromatic carbocycles. The van der Waals surface area contributed by atoms with Crippen molar-refractivity contribution < 1.29 is 9.53 Å². The second-order valence-corrected chi connectivity index (χ2v) is 4.67. The highest BCUT2D eigenvalue weighted by atomic mass is 16.5. The van der Waals surface area contributed by atoms with Crippen molar-refractivity contribution in [1.82, 2.24) is 5.32 Å². The van der Waals surface area contributed by atoms with E-state index in [9.17, 15) is 4.79 Å². The van der Waals surface area contributed by atoms with E-state index in [0.717, 1.165) is 19.3 Å². The van der Waals surface area contributed by atoms with Crippen molar-refractivity contribution >= 4 is 5.91 Å². The topological polar surface area (TPSA) is 64.3 Å². The van der Waals surface area contributed by atoms with Crippen LogP contribution in [0.25, 0.3) is 0 Å². The predicted octanol–water partition coefficient (Wildman–Crippen LogP) is 1.82. The molecule has 17 heavy (non-hydrogen) atoms. The molecule has 0 fully saturated rings. The first-order valence-corrected chi connectivity index (χ1v) is 6.62. The SMILES string of the molecule is CCC(C)NC(=O)C(C)OC(CC)(CC)CN. The summed E-state index contributed by atoms with van der Waals surface area (Å²) in [4.78, 5) is 11.9. The van der Waals surface area contributed by atoms with Gasteiger partial charge in [-0.3, -0.25) is 4.79 Å². The number of ether oxygens (including phenoxy) is 1. The summed E-state index contributed by atoms with van der Waals surface area (Å²) >= 11 is 0. The Balaban J connectivity index is 4.40. The molecule has 0 aliphatic heterocycles. The van der Waals surface area contributed by atoms with Crippen molar-refractivity contribution in [3.05, 3.63) is 0 Å². The van der Waals surface area contributed by atoms with Gasteiger partial charge in [0.25, 0.3) is 0 Å². The molecule has 0 radical (unpaired) electrons. The zero-order chi connectivity index (χ0) is 13.5. The van der Waals surface area contributed by atoms with Gasteiger partial charge in [0, 0.05) is 12.6 Å². The fraction of sp³-hybridized carbons (Fsp3) is 0.923. The van der Waals surface area contributed by atoms with Crippen LogP contribution in [0.5, 0.6) is 0 Å².